The number of hydrogen-bond acceptors (Lipinski definition) is 4. The van der Waals surface area contributed by atoms with Crippen LogP contribution in [0.25, 0.3) is 10.9 Å². The second-order valence-corrected chi connectivity index (χ2v) is 5.87. The number of nitrogen functional groups attached to an aromatic ring is 1. The Balaban J connectivity index is 2.37. The van der Waals surface area contributed by atoms with Crippen molar-refractivity contribution in [2.24, 2.45) is 0 Å². The van der Waals surface area contributed by atoms with Crippen LogP contribution in [-0.4, -0.2) is 27.2 Å². The van der Waals surface area contributed by atoms with E-state index in [0.717, 1.165) is 16.6 Å². The maximum Gasteiger partial charge on any atom is 0.0743 e. The van der Waals surface area contributed by atoms with Crippen LogP contribution in [0.5, 0.6) is 0 Å². The highest BCUT2D eigenvalue weighted by atomic mass is 32.2. The zero-order valence-electron chi connectivity index (χ0n) is 10.5. The minimum absolute atomic E-state index is 0.101. The molecule has 0 amide bonds. The van der Waals surface area contributed by atoms with Crippen molar-refractivity contribution < 1.29 is 4.21 Å². The molecule has 0 saturated heterocycles. The minimum Gasteiger partial charge on any atom is -0.396 e. The first-order chi connectivity index (χ1) is 8.58. The fourth-order valence-electron chi connectivity index (χ4n) is 1.96. The lowest BCUT2D eigenvalue weighted by molar-refractivity contribution is 0.683. The second kappa shape index (κ2) is 5.35. The predicted molar refractivity (Wildman–Crippen MR) is 78.2 cm³/mol. The molecule has 96 valence electrons. The summed E-state index contributed by atoms with van der Waals surface area (Å²) in [6, 6.07) is 7.93. The summed E-state index contributed by atoms with van der Waals surface area (Å²) < 4.78 is 11.2. The lowest BCUT2D eigenvalue weighted by Gasteiger charge is -2.17. The highest BCUT2D eigenvalue weighted by molar-refractivity contribution is 7.84. The molecule has 4 nitrogen and oxygen atoms in total. The fraction of sp³-hybridized carbons (Fsp3) is 0.308. The van der Waals surface area contributed by atoms with Gasteiger partial charge in [0.2, 0.25) is 0 Å². The third-order valence-electron chi connectivity index (χ3n) is 2.68. The van der Waals surface area contributed by atoms with E-state index < -0.39 is 10.8 Å². The molecule has 1 heterocycles. The number of aromatic nitrogens is 1. The summed E-state index contributed by atoms with van der Waals surface area (Å²) in [6.45, 7) is 2.00. The van der Waals surface area contributed by atoms with Crippen molar-refractivity contribution in [2.75, 3.05) is 23.1 Å². The van der Waals surface area contributed by atoms with Gasteiger partial charge in [0.15, 0.2) is 0 Å². The van der Waals surface area contributed by atoms with Crippen LogP contribution >= 0.6 is 0 Å². The van der Waals surface area contributed by atoms with Crippen molar-refractivity contribution >= 4 is 33.1 Å². The van der Waals surface area contributed by atoms with Gasteiger partial charge < -0.3 is 11.1 Å². The second-order valence-electron chi connectivity index (χ2n) is 4.39. The first kappa shape index (κ1) is 12.8. The van der Waals surface area contributed by atoms with Gasteiger partial charge in [-0.05, 0) is 13.0 Å². The normalized spacial score (nSPS) is 14.3. The Bertz CT molecular complexity index is 585. The summed E-state index contributed by atoms with van der Waals surface area (Å²) in [5.74, 6) is 0.593. The highest BCUT2D eigenvalue weighted by Gasteiger charge is 2.10. The summed E-state index contributed by atoms with van der Waals surface area (Å²) in [6.07, 6.45) is 3.35. The van der Waals surface area contributed by atoms with Gasteiger partial charge in [-0.1, -0.05) is 18.2 Å². The third-order valence-corrected chi connectivity index (χ3v) is 3.65. The summed E-state index contributed by atoms with van der Waals surface area (Å²) in [5, 5.41) is 4.32. The van der Waals surface area contributed by atoms with Gasteiger partial charge in [0.05, 0.1) is 23.1 Å². The zero-order valence-corrected chi connectivity index (χ0v) is 11.3. The largest absolute Gasteiger partial charge is 0.396 e. The topological polar surface area (TPSA) is 68.0 Å². The van der Waals surface area contributed by atoms with Gasteiger partial charge in [0, 0.05) is 34.2 Å². The van der Waals surface area contributed by atoms with Crippen LogP contribution in [0.4, 0.5) is 11.4 Å². The number of benzene rings is 1. The van der Waals surface area contributed by atoms with Crippen molar-refractivity contribution in [3.8, 4) is 0 Å². The fourth-order valence-corrected chi connectivity index (χ4v) is 2.75. The Morgan fingerprint density at radius 2 is 2.17 bits per heavy atom. The molecule has 0 radical (unpaired) electrons. The molecule has 0 aliphatic heterocycles. The van der Waals surface area contributed by atoms with Crippen molar-refractivity contribution in [1.82, 2.24) is 4.98 Å². The number of fused-ring (bicyclic) bond motifs is 1. The van der Waals surface area contributed by atoms with E-state index in [4.69, 9.17) is 5.73 Å². The van der Waals surface area contributed by atoms with Crippen LogP contribution in [0.3, 0.4) is 0 Å². The first-order valence-corrected chi connectivity index (χ1v) is 7.50. The SMILES string of the molecule is CC(CS(C)=O)Nc1c(N)cnc2ccccc12. The molecule has 0 spiro atoms. The van der Waals surface area contributed by atoms with E-state index in [1.54, 1.807) is 12.5 Å². The minimum atomic E-state index is -0.829. The number of pyridine rings is 1. The Labute approximate surface area is 109 Å². The average molecular weight is 263 g/mol. The monoisotopic (exact) mass is 263 g/mol. The Hall–Kier alpha value is -1.62. The molecule has 1 aromatic carbocycles. The standard InChI is InChI=1S/C13H17N3OS/c1-9(8-18(2)17)16-13-10-5-3-4-6-12(10)15-7-11(13)14/h3-7,9H,8,14H2,1-2H3,(H,15,16). The van der Waals surface area contributed by atoms with Crippen molar-refractivity contribution in [3.05, 3.63) is 30.5 Å². The zero-order chi connectivity index (χ0) is 13.1. The molecular weight excluding hydrogens is 246 g/mol. The van der Waals surface area contributed by atoms with Gasteiger partial charge in [0.1, 0.15) is 0 Å². The molecule has 5 heteroatoms. The van der Waals surface area contributed by atoms with Crippen molar-refractivity contribution in [2.45, 2.75) is 13.0 Å². The Morgan fingerprint density at radius 3 is 2.89 bits per heavy atom. The molecule has 2 rings (SSSR count). The number of hydrogen-bond donors (Lipinski definition) is 2. The van der Waals surface area contributed by atoms with Crippen LogP contribution < -0.4 is 11.1 Å². The summed E-state index contributed by atoms with van der Waals surface area (Å²) in [7, 11) is -0.829. The summed E-state index contributed by atoms with van der Waals surface area (Å²) >= 11 is 0. The number of nitrogens with zero attached hydrogens (tertiary/aromatic N) is 1. The molecule has 2 aromatic rings. The van der Waals surface area contributed by atoms with Crippen molar-refractivity contribution in [1.29, 1.82) is 0 Å². The maximum atomic E-state index is 11.2. The predicted octanol–water partition coefficient (Wildman–Crippen LogP) is 2.00. The first-order valence-electron chi connectivity index (χ1n) is 5.77. The number of anilines is 2. The van der Waals surface area contributed by atoms with E-state index in [1.165, 1.54) is 0 Å². The van der Waals surface area contributed by atoms with Gasteiger partial charge in [-0.3, -0.25) is 9.19 Å². The third kappa shape index (κ3) is 2.79. The van der Waals surface area contributed by atoms with E-state index in [-0.39, 0.29) is 6.04 Å². The van der Waals surface area contributed by atoms with Crippen LogP contribution in [-0.2, 0) is 10.8 Å². The Kier molecular flexibility index (Phi) is 3.81. The van der Waals surface area contributed by atoms with Gasteiger partial charge >= 0.3 is 0 Å². The number of nitrogens with one attached hydrogen (secondary N) is 1. The molecule has 0 aliphatic rings. The smallest absolute Gasteiger partial charge is 0.0743 e. The van der Waals surface area contributed by atoms with E-state index >= 15 is 0 Å². The maximum absolute atomic E-state index is 11.2. The van der Waals surface area contributed by atoms with Gasteiger partial charge in [-0.15, -0.1) is 0 Å². The van der Waals surface area contributed by atoms with Gasteiger partial charge in [-0.2, -0.15) is 0 Å². The Morgan fingerprint density at radius 1 is 1.44 bits per heavy atom. The molecule has 0 bridgehead atoms. The molecule has 0 aliphatic carbocycles. The number of rotatable bonds is 4. The highest BCUT2D eigenvalue weighted by Crippen LogP contribution is 2.28. The lowest BCUT2D eigenvalue weighted by atomic mass is 10.1. The molecular formula is C13H17N3OS. The van der Waals surface area contributed by atoms with E-state index in [9.17, 15) is 4.21 Å². The summed E-state index contributed by atoms with van der Waals surface area (Å²) in [5.41, 5.74) is 8.35. The molecule has 2 unspecified atom stereocenters. The number of nitrogens with two attached hydrogens (primary N) is 1. The quantitative estimate of drug-likeness (QED) is 0.885. The van der Waals surface area contributed by atoms with Crippen LogP contribution in [0, 0.1) is 0 Å². The van der Waals surface area contributed by atoms with Gasteiger partial charge in [-0.25, -0.2) is 0 Å². The van der Waals surface area contributed by atoms with Crippen LogP contribution in [0.1, 0.15) is 6.92 Å². The molecule has 0 fully saturated rings. The molecule has 18 heavy (non-hydrogen) atoms. The molecule has 1 aromatic heterocycles. The van der Waals surface area contributed by atoms with E-state index in [1.807, 2.05) is 31.2 Å². The lowest BCUT2D eigenvalue weighted by Crippen LogP contribution is -2.23. The summed E-state index contributed by atoms with van der Waals surface area (Å²) in [4.78, 5) is 4.28. The van der Waals surface area contributed by atoms with Crippen LogP contribution in [0.15, 0.2) is 30.5 Å². The molecule has 3 N–H and O–H groups in total. The van der Waals surface area contributed by atoms with Gasteiger partial charge in [0.25, 0.3) is 0 Å². The molecule has 0 saturated carbocycles. The van der Waals surface area contributed by atoms with Crippen molar-refractivity contribution in [3.63, 3.8) is 0 Å². The molecule has 2 atom stereocenters. The van der Waals surface area contributed by atoms with Crippen LogP contribution in [0.2, 0.25) is 0 Å². The number of para-hydroxylation sites is 1. The average Bonchev–Trinajstić information content (AvgIpc) is 2.32. The van der Waals surface area contributed by atoms with E-state index in [0.29, 0.717) is 11.4 Å². The van der Waals surface area contributed by atoms with E-state index in [2.05, 4.69) is 10.3 Å².